The van der Waals surface area contributed by atoms with Crippen LogP contribution in [0.5, 0.6) is 0 Å². The maximum absolute atomic E-state index is 12.1. The predicted octanol–water partition coefficient (Wildman–Crippen LogP) is 2.92. The minimum absolute atomic E-state index is 0.255. The zero-order valence-electron chi connectivity index (χ0n) is 12.1. The van der Waals surface area contributed by atoms with E-state index in [1.165, 1.54) is 0 Å². The van der Waals surface area contributed by atoms with Crippen molar-refractivity contribution in [2.45, 2.75) is 18.4 Å². The molecular weight excluding hydrogens is 312 g/mol. The Balaban J connectivity index is 1.87. The van der Waals surface area contributed by atoms with Gasteiger partial charge >= 0.3 is 6.03 Å². The van der Waals surface area contributed by atoms with Gasteiger partial charge < -0.3 is 10.6 Å². The molecule has 0 spiro atoms. The molecule has 6 heteroatoms. The summed E-state index contributed by atoms with van der Waals surface area (Å²) >= 11 is 6.17. The zero-order chi connectivity index (χ0) is 15.9. The van der Waals surface area contributed by atoms with Crippen molar-refractivity contribution in [3.05, 3.63) is 53.1 Å². The molecule has 1 fully saturated rings. The molecule has 2 N–H and O–H groups in total. The first kappa shape index (κ1) is 14.0. The first-order valence-corrected chi connectivity index (χ1v) is 7.74. The molecule has 2 aliphatic rings. The van der Waals surface area contributed by atoms with E-state index in [1.54, 1.807) is 24.5 Å². The second-order valence-electron chi connectivity index (χ2n) is 5.67. The fraction of sp³-hybridized carbons (Fsp3) is 0.235. The Morgan fingerprint density at radius 2 is 2.04 bits per heavy atom. The molecule has 2 aromatic rings. The molecule has 0 bridgehead atoms. The Labute approximate surface area is 138 Å². The minimum atomic E-state index is -0.748. The number of nitrogens with zero attached hydrogens (tertiary/aromatic N) is 2. The van der Waals surface area contributed by atoms with E-state index in [9.17, 15) is 4.79 Å². The van der Waals surface area contributed by atoms with E-state index in [1.807, 2.05) is 12.1 Å². The predicted molar refractivity (Wildman–Crippen MR) is 86.9 cm³/mol. The van der Waals surface area contributed by atoms with E-state index in [0.29, 0.717) is 10.8 Å². The van der Waals surface area contributed by atoms with Gasteiger partial charge in [-0.2, -0.15) is 0 Å². The van der Waals surface area contributed by atoms with Gasteiger partial charge in [-0.3, -0.25) is 0 Å². The summed E-state index contributed by atoms with van der Waals surface area (Å²) in [5, 5.41) is 6.44. The summed E-state index contributed by atoms with van der Waals surface area (Å²) in [4.78, 5) is 20.4. The summed E-state index contributed by atoms with van der Waals surface area (Å²) in [6.45, 7) is 0. The van der Waals surface area contributed by atoms with E-state index in [0.717, 1.165) is 24.1 Å². The number of amides is 2. The summed E-state index contributed by atoms with van der Waals surface area (Å²) in [6, 6.07) is 6.92. The number of fused-ring (bicyclic) bond motifs is 1. The highest BCUT2D eigenvalue weighted by atomic mass is 35.5. The summed E-state index contributed by atoms with van der Waals surface area (Å²) in [5.41, 5.74) is 0.894. The maximum Gasteiger partial charge on any atom is 0.320 e. The van der Waals surface area contributed by atoms with E-state index < -0.39 is 5.54 Å². The molecule has 1 saturated carbocycles. The number of hydrogen-bond donors (Lipinski definition) is 2. The van der Waals surface area contributed by atoms with Gasteiger partial charge in [0.2, 0.25) is 5.82 Å². The van der Waals surface area contributed by atoms with Gasteiger partial charge in [-0.05, 0) is 48.9 Å². The van der Waals surface area contributed by atoms with Crippen LogP contribution in [-0.4, -0.2) is 16.0 Å². The number of halogens is 1. The second-order valence-corrected chi connectivity index (χ2v) is 6.11. The van der Waals surface area contributed by atoms with Gasteiger partial charge in [0, 0.05) is 28.7 Å². The standard InChI is InChI=1S/C17H13ClN4O/c18-12-4-5-14-13(10-12)17(11-2-3-11,22-16(23)21-14)7-6-15-19-8-1-9-20-15/h1,4-5,8-11H,2-3H2,(H2,21,22,23). The molecule has 4 rings (SSSR count). The van der Waals surface area contributed by atoms with Crippen LogP contribution in [0.2, 0.25) is 5.02 Å². The fourth-order valence-corrected chi connectivity index (χ4v) is 3.08. The van der Waals surface area contributed by atoms with Gasteiger partial charge in [-0.15, -0.1) is 0 Å². The Hall–Kier alpha value is -2.58. The summed E-state index contributed by atoms with van der Waals surface area (Å²) < 4.78 is 0. The van der Waals surface area contributed by atoms with Crippen molar-refractivity contribution in [1.29, 1.82) is 0 Å². The van der Waals surface area contributed by atoms with Crippen molar-refractivity contribution in [2.24, 2.45) is 5.92 Å². The number of benzene rings is 1. The number of rotatable bonds is 1. The second kappa shape index (κ2) is 5.25. The number of aromatic nitrogens is 2. The van der Waals surface area contributed by atoms with Gasteiger partial charge in [-0.25, -0.2) is 14.8 Å². The van der Waals surface area contributed by atoms with Crippen LogP contribution >= 0.6 is 11.6 Å². The molecule has 0 radical (unpaired) electrons. The highest BCUT2D eigenvalue weighted by Crippen LogP contribution is 2.49. The van der Waals surface area contributed by atoms with Crippen LogP contribution < -0.4 is 10.6 Å². The summed E-state index contributed by atoms with van der Waals surface area (Å²) in [5.74, 6) is 6.92. The molecule has 23 heavy (non-hydrogen) atoms. The van der Waals surface area contributed by atoms with Crippen LogP contribution in [0.3, 0.4) is 0 Å². The van der Waals surface area contributed by atoms with Gasteiger partial charge in [0.05, 0.1) is 0 Å². The third-order valence-corrected chi connectivity index (χ3v) is 4.33. The van der Waals surface area contributed by atoms with Crippen LogP contribution in [0.4, 0.5) is 10.5 Å². The largest absolute Gasteiger partial charge is 0.320 e. The van der Waals surface area contributed by atoms with Crippen LogP contribution in [0, 0.1) is 17.8 Å². The van der Waals surface area contributed by atoms with E-state index in [-0.39, 0.29) is 11.9 Å². The van der Waals surface area contributed by atoms with Crippen molar-refractivity contribution in [1.82, 2.24) is 15.3 Å². The normalized spacial score (nSPS) is 22.2. The van der Waals surface area contributed by atoms with Crippen LogP contribution in [0.1, 0.15) is 24.2 Å². The lowest BCUT2D eigenvalue weighted by Crippen LogP contribution is -2.52. The lowest BCUT2D eigenvalue weighted by atomic mass is 9.83. The third kappa shape index (κ3) is 2.51. The monoisotopic (exact) mass is 324 g/mol. The molecule has 1 unspecified atom stereocenters. The Morgan fingerprint density at radius 1 is 1.26 bits per heavy atom. The average molecular weight is 325 g/mol. The van der Waals surface area contributed by atoms with Crippen molar-refractivity contribution < 1.29 is 4.79 Å². The topological polar surface area (TPSA) is 66.9 Å². The van der Waals surface area contributed by atoms with Gasteiger partial charge in [-0.1, -0.05) is 17.5 Å². The van der Waals surface area contributed by atoms with Crippen LogP contribution in [0.15, 0.2) is 36.7 Å². The van der Waals surface area contributed by atoms with Gasteiger partial charge in [0.1, 0.15) is 5.54 Å². The maximum atomic E-state index is 12.1. The summed E-state index contributed by atoms with van der Waals surface area (Å²) in [7, 11) is 0. The minimum Gasteiger partial charge on any atom is -0.317 e. The quantitative estimate of drug-likeness (QED) is 0.793. The highest BCUT2D eigenvalue weighted by Gasteiger charge is 2.50. The molecule has 0 saturated heterocycles. The van der Waals surface area contributed by atoms with Crippen molar-refractivity contribution in [3.63, 3.8) is 0 Å². The lowest BCUT2D eigenvalue weighted by Gasteiger charge is -2.36. The van der Waals surface area contributed by atoms with Crippen LogP contribution in [-0.2, 0) is 5.54 Å². The number of carbonyl (C=O) groups is 1. The molecule has 2 amide bonds. The molecule has 2 heterocycles. The number of urea groups is 1. The SMILES string of the molecule is O=C1Nc2ccc(Cl)cc2C(C#Cc2ncccn2)(C2CC2)N1. The zero-order valence-corrected chi connectivity index (χ0v) is 12.9. The average Bonchev–Trinajstić information content (AvgIpc) is 3.39. The van der Waals surface area contributed by atoms with Gasteiger partial charge in [0.25, 0.3) is 0 Å². The smallest absolute Gasteiger partial charge is 0.317 e. The van der Waals surface area contributed by atoms with E-state index in [2.05, 4.69) is 32.4 Å². The molecule has 1 aromatic heterocycles. The van der Waals surface area contributed by atoms with E-state index in [4.69, 9.17) is 11.6 Å². The molecule has 114 valence electrons. The number of hydrogen-bond acceptors (Lipinski definition) is 3. The number of anilines is 1. The highest BCUT2D eigenvalue weighted by molar-refractivity contribution is 6.30. The van der Waals surface area contributed by atoms with Crippen molar-refractivity contribution in [2.75, 3.05) is 5.32 Å². The number of carbonyl (C=O) groups excluding carboxylic acids is 1. The van der Waals surface area contributed by atoms with Gasteiger partial charge in [0.15, 0.2) is 0 Å². The Kier molecular flexibility index (Phi) is 3.21. The molecule has 1 atom stereocenters. The lowest BCUT2D eigenvalue weighted by molar-refractivity contribution is 0.238. The Bertz CT molecular complexity index is 839. The van der Waals surface area contributed by atoms with Crippen LogP contribution in [0.25, 0.3) is 0 Å². The summed E-state index contributed by atoms with van der Waals surface area (Å²) in [6.07, 6.45) is 5.31. The first-order chi connectivity index (χ1) is 11.2. The van der Waals surface area contributed by atoms with Crippen molar-refractivity contribution >= 4 is 23.3 Å². The first-order valence-electron chi connectivity index (χ1n) is 7.37. The molecule has 1 aliphatic carbocycles. The molecule has 5 nitrogen and oxygen atoms in total. The molecule has 1 aromatic carbocycles. The van der Waals surface area contributed by atoms with Crippen molar-refractivity contribution in [3.8, 4) is 11.8 Å². The van der Waals surface area contributed by atoms with E-state index >= 15 is 0 Å². The molecule has 1 aliphatic heterocycles. The molecular formula is C17H13ClN4O. The number of nitrogens with one attached hydrogen (secondary N) is 2. The fourth-order valence-electron chi connectivity index (χ4n) is 2.91. The third-order valence-electron chi connectivity index (χ3n) is 4.09. The Morgan fingerprint density at radius 3 is 2.78 bits per heavy atom.